The lowest BCUT2D eigenvalue weighted by atomic mass is 10.00. The Bertz CT molecular complexity index is 1140. The fourth-order valence-electron chi connectivity index (χ4n) is 4.07. The Balaban J connectivity index is 1.53. The van der Waals surface area contributed by atoms with Crippen molar-refractivity contribution in [2.24, 2.45) is 5.92 Å². The topological polar surface area (TPSA) is 81.2 Å². The summed E-state index contributed by atoms with van der Waals surface area (Å²) in [6.07, 6.45) is 3.07. The maximum Gasteiger partial charge on any atom is 0.290 e. The van der Waals surface area contributed by atoms with Crippen molar-refractivity contribution in [3.05, 3.63) is 58.0 Å². The predicted molar refractivity (Wildman–Crippen MR) is 108 cm³/mol. The van der Waals surface area contributed by atoms with Crippen LogP contribution in [0.4, 0.5) is 0 Å². The molecule has 3 heterocycles. The first-order valence-electron chi connectivity index (χ1n) is 10.3. The molecule has 1 aromatic carbocycles. The highest BCUT2D eigenvalue weighted by Crippen LogP contribution is 2.40. The second kappa shape index (κ2) is 6.83. The van der Waals surface area contributed by atoms with E-state index in [0.717, 1.165) is 30.9 Å². The minimum Gasteiger partial charge on any atom is -0.451 e. The molecule has 0 saturated heterocycles. The molecule has 2 aromatic heterocycles. The fourth-order valence-corrected chi connectivity index (χ4v) is 4.07. The third-order valence-corrected chi connectivity index (χ3v) is 5.69. The standard InChI is InChI=1S/C22H24N4O3/c1-13(2)11-16-21-23-20(14-7-8-14)24-26(21)10-9-25(16)22(28)19-12-17(27)15-5-3-4-6-18(15)29-19/h3-6,12-14,16H,7-11H2,1-2H3/t16-/m0/s1. The van der Waals surface area contributed by atoms with Gasteiger partial charge in [-0.15, -0.1) is 0 Å². The lowest BCUT2D eigenvalue weighted by molar-refractivity contribution is 0.0547. The van der Waals surface area contributed by atoms with Gasteiger partial charge in [0.15, 0.2) is 17.0 Å². The van der Waals surface area contributed by atoms with Gasteiger partial charge in [0.05, 0.1) is 18.0 Å². The molecule has 150 valence electrons. The zero-order valence-corrected chi connectivity index (χ0v) is 16.7. The number of para-hydroxylation sites is 1. The number of fused-ring (bicyclic) bond motifs is 2. The van der Waals surface area contributed by atoms with Gasteiger partial charge < -0.3 is 9.32 Å². The number of amides is 1. The average Bonchev–Trinajstić information content (AvgIpc) is 3.46. The van der Waals surface area contributed by atoms with Crippen LogP contribution in [0.2, 0.25) is 0 Å². The molecule has 29 heavy (non-hydrogen) atoms. The Kier molecular flexibility index (Phi) is 4.26. The molecule has 5 rings (SSSR count). The normalized spacial score (nSPS) is 19.0. The van der Waals surface area contributed by atoms with Crippen LogP contribution in [-0.4, -0.2) is 32.1 Å². The highest BCUT2D eigenvalue weighted by atomic mass is 16.3. The van der Waals surface area contributed by atoms with Gasteiger partial charge in [-0.1, -0.05) is 26.0 Å². The highest BCUT2D eigenvalue weighted by Gasteiger charge is 2.38. The van der Waals surface area contributed by atoms with E-state index in [0.29, 0.717) is 35.9 Å². The molecule has 0 unspecified atom stereocenters. The molecule has 2 aliphatic rings. The molecule has 0 N–H and O–H groups in total. The lowest BCUT2D eigenvalue weighted by Gasteiger charge is -2.35. The van der Waals surface area contributed by atoms with Crippen LogP contribution in [-0.2, 0) is 6.54 Å². The van der Waals surface area contributed by atoms with Crippen molar-refractivity contribution in [2.45, 2.75) is 51.6 Å². The second-order valence-corrected chi connectivity index (χ2v) is 8.44. The van der Waals surface area contributed by atoms with Gasteiger partial charge in [-0.3, -0.25) is 9.59 Å². The largest absolute Gasteiger partial charge is 0.451 e. The van der Waals surface area contributed by atoms with Gasteiger partial charge in [0.1, 0.15) is 11.4 Å². The summed E-state index contributed by atoms with van der Waals surface area (Å²) < 4.78 is 7.78. The van der Waals surface area contributed by atoms with Crippen molar-refractivity contribution >= 4 is 16.9 Å². The molecule has 1 amide bonds. The Morgan fingerprint density at radius 2 is 2.03 bits per heavy atom. The summed E-state index contributed by atoms with van der Waals surface area (Å²) in [5, 5.41) is 5.17. The maximum atomic E-state index is 13.4. The molecule has 0 radical (unpaired) electrons. The predicted octanol–water partition coefficient (Wildman–Crippen LogP) is 3.51. The number of hydrogen-bond donors (Lipinski definition) is 0. The molecule has 1 aliphatic carbocycles. The number of hydrogen-bond acceptors (Lipinski definition) is 5. The van der Waals surface area contributed by atoms with E-state index in [1.807, 2.05) is 4.68 Å². The van der Waals surface area contributed by atoms with Gasteiger partial charge in [0.2, 0.25) is 0 Å². The zero-order chi connectivity index (χ0) is 20.1. The maximum absolute atomic E-state index is 13.4. The number of nitrogens with zero attached hydrogens (tertiary/aromatic N) is 4. The van der Waals surface area contributed by atoms with E-state index in [4.69, 9.17) is 9.40 Å². The summed E-state index contributed by atoms with van der Waals surface area (Å²) in [7, 11) is 0. The number of aromatic nitrogens is 3. The Hall–Kier alpha value is -2.96. The molecular formula is C22H24N4O3. The molecule has 1 fully saturated rings. The number of rotatable bonds is 4. The van der Waals surface area contributed by atoms with E-state index in [1.165, 1.54) is 6.07 Å². The van der Waals surface area contributed by atoms with Gasteiger partial charge in [-0.2, -0.15) is 5.10 Å². The summed E-state index contributed by atoms with van der Waals surface area (Å²) in [5.74, 6) is 2.42. The third kappa shape index (κ3) is 3.24. The van der Waals surface area contributed by atoms with Gasteiger partial charge in [-0.25, -0.2) is 9.67 Å². The second-order valence-electron chi connectivity index (χ2n) is 8.44. The molecule has 0 spiro atoms. The summed E-state index contributed by atoms with van der Waals surface area (Å²) in [6.45, 7) is 5.40. The van der Waals surface area contributed by atoms with Crippen LogP contribution < -0.4 is 5.43 Å². The van der Waals surface area contributed by atoms with Crippen LogP contribution >= 0.6 is 0 Å². The van der Waals surface area contributed by atoms with E-state index in [9.17, 15) is 9.59 Å². The van der Waals surface area contributed by atoms with Crippen LogP contribution in [0, 0.1) is 5.92 Å². The Morgan fingerprint density at radius 1 is 1.24 bits per heavy atom. The van der Waals surface area contributed by atoms with Crippen molar-refractivity contribution in [2.75, 3.05) is 6.54 Å². The summed E-state index contributed by atoms with van der Waals surface area (Å²) in [4.78, 5) is 32.5. The van der Waals surface area contributed by atoms with Crippen molar-refractivity contribution in [1.29, 1.82) is 0 Å². The quantitative estimate of drug-likeness (QED) is 0.679. The third-order valence-electron chi connectivity index (χ3n) is 5.69. The molecular weight excluding hydrogens is 368 g/mol. The molecule has 1 aliphatic heterocycles. The first kappa shape index (κ1) is 18.1. The minimum atomic E-state index is -0.263. The van der Waals surface area contributed by atoms with Gasteiger partial charge >= 0.3 is 0 Å². The summed E-state index contributed by atoms with van der Waals surface area (Å²) in [6, 6.07) is 8.14. The van der Waals surface area contributed by atoms with Crippen LogP contribution in [0.3, 0.4) is 0 Å². The molecule has 7 heteroatoms. The minimum absolute atomic E-state index is 0.0813. The molecule has 3 aromatic rings. The summed E-state index contributed by atoms with van der Waals surface area (Å²) in [5.41, 5.74) is 0.228. The number of benzene rings is 1. The smallest absolute Gasteiger partial charge is 0.290 e. The number of carbonyl (C=O) groups is 1. The fraction of sp³-hybridized carbons (Fsp3) is 0.455. The Labute approximate surface area is 168 Å². The molecule has 7 nitrogen and oxygen atoms in total. The van der Waals surface area contributed by atoms with Crippen molar-refractivity contribution in [1.82, 2.24) is 19.7 Å². The monoisotopic (exact) mass is 392 g/mol. The highest BCUT2D eigenvalue weighted by molar-refractivity contribution is 5.93. The van der Waals surface area contributed by atoms with Crippen LogP contribution in [0.25, 0.3) is 11.0 Å². The van der Waals surface area contributed by atoms with Crippen molar-refractivity contribution in [3.8, 4) is 0 Å². The first-order chi connectivity index (χ1) is 14.0. The average molecular weight is 392 g/mol. The van der Waals surface area contributed by atoms with E-state index >= 15 is 0 Å². The number of carbonyl (C=O) groups excluding carboxylic acids is 1. The van der Waals surface area contributed by atoms with Crippen LogP contribution in [0.1, 0.15) is 67.3 Å². The molecule has 0 bridgehead atoms. The van der Waals surface area contributed by atoms with Gasteiger partial charge in [-0.05, 0) is 37.3 Å². The van der Waals surface area contributed by atoms with Crippen LogP contribution in [0.15, 0.2) is 39.5 Å². The van der Waals surface area contributed by atoms with E-state index < -0.39 is 0 Å². The van der Waals surface area contributed by atoms with Crippen LogP contribution in [0.5, 0.6) is 0 Å². The first-order valence-corrected chi connectivity index (χ1v) is 10.3. The van der Waals surface area contributed by atoms with E-state index in [2.05, 4.69) is 18.9 Å². The molecule has 1 saturated carbocycles. The molecule has 1 atom stereocenters. The summed E-state index contributed by atoms with van der Waals surface area (Å²) >= 11 is 0. The lowest BCUT2D eigenvalue weighted by Crippen LogP contribution is -2.43. The van der Waals surface area contributed by atoms with Gasteiger partial charge in [0.25, 0.3) is 5.91 Å². The van der Waals surface area contributed by atoms with Gasteiger partial charge in [0, 0.05) is 18.5 Å². The van der Waals surface area contributed by atoms with E-state index in [-0.39, 0.29) is 23.1 Å². The van der Waals surface area contributed by atoms with E-state index in [1.54, 1.807) is 29.2 Å². The van der Waals surface area contributed by atoms with Crippen molar-refractivity contribution < 1.29 is 9.21 Å². The Morgan fingerprint density at radius 3 is 2.79 bits per heavy atom. The zero-order valence-electron chi connectivity index (χ0n) is 16.7. The van der Waals surface area contributed by atoms with Crippen molar-refractivity contribution in [3.63, 3.8) is 0 Å². The SMILES string of the molecule is CC(C)C[C@H]1c2nc(C3CC3)nn2CCN1C(=O)c1cc(=O)c2ccccc2o1.